The molecule has 1 aromatic carbocycles. The molecule has 0 radical (unpaired) electrons. The minimum absolute atomic E-state index is 0.0992. The van der Waals surface area contributed by atoms with E-state index >= 15 is 0 Å². The average Bonchev–Trinajstić information content (AvgIpc) is 2.79. The zero-order valence-corrected chi connectivity index (χ0v) is 20.8. The summed E-state index contributed by atoms with van der Waals surface area (Å²) in [4.78, 5) is 34.8. The predicted molar refractivity (Wildman–Crippen MR) is 128 cm³/mol. The molecule has 11 heteroatoms. The zero-order chi connectivity index (χ0) is 23.8. The second kappa shape index (κ2) is 12.5. The van der Waals surface area contributed by atoms with Crippen LogP contribution in [0.25, 0.3) is 0 Å². The number of carbonyl (C=O) groups is 2. The van der Waals surface area contributed by atoms with Gasteiger partial charge in [0.1, 0.15) is 0 Å². The van der Waals surface area contributed by atoms with Crippen LogP contribution < -0.4 is 5.32 Å². The van der Waals surface area contributed by atoms with Gasteiger partial charge in [-0.3, -0.25) is 9.69 Å². The lowest BCUT2D eigenvalue weighted by Crippen LogP contribution is -2.47. The largest absolute Gasteiger partial charge is 0.462 e. The van der Waals surface area contributed by atoms with Crippen LogP contribution in [-0.2, 0) is 20.8 Å². The fraction of sp³-hybridized carbons (Fsp3) is 0.455. The maximum Gasteiger partial charge on any atom is 0.341 e. The Hall–Kier alpha value is -1.91. The molecule has 0 saturated carbocycles. The van der Waals surface area contributed by atoms with Crippen molar-refractivity contribution < 1.29 is 19.1 Å². The number of nitrogens with one attached hydrogen (secondary N) is 1. The van der Waals surface area contributed by atoms with E-state index in [0.29, 0.717) is 46.2 Å². The average molecular weight is 513 g/mol. The Bertz CT molecular complexity index is 995. The van der Waals surface area contributed by atoms with E-state index in [1.165, 1.54) is 18.0 Å². The number of ether oxygens (including phenoxy) is 2. The zero-order valence-electron chi connectivity index (χ0n) is 18.5. The molecule has 1 atom stereocenters. The molecule has 2 aromatic rings. The number of rotatable bonds is 9. The van der Waals surface area contributed by atoms with E-state index in [2.05, 4.69) is 20.2 Å². The maximum absolute atomic E-state index is 12.3. The van der Waals surface area contributed by atoms with Gasteiger partial charge in [0.15, 0.2) is 5.16 Å². The first-order chi connectivity index (χ1) is 15.9. The summed E-state index contributed by atoms with van der Waals surface area (Å²) in [6, 6.07) is 5.63. The predicted octanol–water partition coefficient (Wildman–Crippen LogP) is 3.38. The lowest BCUT2D eigenvalue weighted by Gasteiger charge is -2.33. The molecular formula is C22H26Cl2N4O4S. The van der Waals surface area contributed by atoms with Gasteiger partial charge in [-0.15, -0.1) is 0 Å². The van der Waals surface area contributed by atoms with Gasteiger partial charge in [-0.2, -0.15) is 0 Å². The lowest BCUT2D eigenvalue weighted by atomic mass is 10.2. The third kappa shape index (κ3) is 7.82. The number of nitrogens with zero attached hydrogens (tertiary/aromatic N) is 3. The SMILES string of the molecule is CCOC(=O)c1cnc(SCC(=O)NC[C@H]2CN(Cc3ccc(Cl)c(Cl)c3)CCO2)nc1C. The fourth-order valence-electron chi connectivity index (χ4n) is 3.28. The van der Waals surface area contributed by atoms with Crippen LogP contribution in [0.2, 0.25) is 10.0 Å². The van der Waals surface area contributed by atoms with Gasteiger partial charge in [-0.1, -0.05) is 41.0 Å². The standard InChI is InChI=1S/C22H26Cl2N4O4S/c1-3-31-21(30)17-10-26-22(27-14(17)2)33-13-20(29)25-9-16-12-28(6-7-32-16)11-15-4-5-18(23)19(24)8-15/h4-5,8,10,16H,3,6-7,9,11-13H2,1-2H3,(H,25,29)/t16-/m0/s1. The molecule has 1 fully saturated rings. The van der Waals surface area contributed by atoms with Gasteiger partial charge in [0.25, 0.3) is 0 Å². The minimum Gasteiger partial charge on any atom is -0.462 e. The molecule has 1 aliphatic heterocycles. The molecule has 0 bridgehead atoms. The van der Waals surface area contributed by atoms with E-state index in [9.17, 15) is 9.59 Å². The van der Waals surface area contributed by atoms with Crippen LogP contribution in [0.5, 0.6) is 0 Å². The van der Waals surface area contributed by atoms with Crippen LogP contribution in [0.1, 0.15) is 28.5 Å². The third-order valence-electron chi connectivity index (χ3n) is 4.92. The van der Waals surface area contributed by atoms with Crippen molar-refractivity contribution in [3.63, 3.8) is 0 Å². The molecule has 1 aliphatic rings. The summed E-state index contributed by atoms with van der Waals surface area (Å²) >= 11 is 13.3. The summed E-state index contributed by atoms with van der Waals surface area (Å²) in [6.45, 7) is 6.98. The first kappa shape index (κ1) is 25.7. The van der Waals surface area contributed by atoms with Crippen LogP contribution in [0.3, 0.4) is 0 Å². The number of morpholine rings is 1. The minimum atomic E-state index is -0.454. The van der Waals surface area contributed by atoms with Crippen LogP contribution in [-0.4, -0.2) is 71.4 Å². The molecule has 8 nitrogen and oxygen atoms in total. The molecule has 3 rings (SSSR count). The van der Waals surface area contributed by atoms with Crippen LogP contribution in [0.15, 0.2) is 29.6 Å². The van der Waals surface area contributed by atoms with E-state index in [-0.39, 0.29) is 24.4 Å². The highest BCUT2D eigenvalue weighted by molar-refractivity contribution is 7.99. The van der Waals surface area contributed by atoms with Crippen molar-refractivity contribution in [2.24, 2.45) is 0 Å². The number of hydrogen-bond acceptors (Lipinski definition) is 8. The fourth-order valence-corrected chi connectivity index (χ4v) is 4.29. The van der Waals surface area contributed by atoms with Crippen molar-refractivity contribution >= 4 is 46.8 Å². The van der Waals surface area contributed by atoms with Gasteiger partial charge < -0.3 is 14.8 Å². The number of thioether (sulfide) groups is 1. The van der Waals surface area contributed by atoms with Crippen molar-refractivity contribution in [2.45, 2.75) is 31.7 Å². The Labute approximate surface area is 207 Å². The molecule has 0 aliphatic carbocycles. The lowest BCUT2D eigenvalue weighted by molar-refractivity contribution is -0.119. The number of carbonyl (C=O) groups excluding carboxylic acids is 2. The Morgan fingerprint density at radius 1 is 1.33 bits per heavy atom. The number of amides is 1. The Morgan fingerprint density at radius 2 is 2.15 bits per heavy atom. The third-order valence-corrected chi connectivity index (χ3v) is 6.53. The summed E-state index contributed by atoms with van der Waals surface area (Å²) in [7, 11) is 0. The highest BCUT2D eigenvalue weighted by Crippen LogP contribution is 2.23. The van der Waals surface area contributed by atoms with E-state index in [1.54, 1.807) is 19.9 Å². The van der Waals surface area contributed by atoms with Crippen molar-refractivity contribution in [1.82, 2.24) is 20.2 Å². The highest BCUT2D eigenvalue weighted by Gasteiger charge is 2.21. The molecule has 178 valence electrons. The van der Waals surface area contributed by atoms with Gasteiger partial charge in [0, 0.05) is 32.4 Å². The Kier molecular flexibility index (Phi) is 9.76. The second-order valence-electron chi connectivity index (χ2n) is 7.44. The number of benzene rings is 1. The Morgan fingerprint density at radius 3 is 2.88 bits per heavy atom. The van der Waals surface area contributed by atoms with Crippen LogP contribution >= 0.6 is 35.0 Å². The molecule has 1 aromatic heterocycles. The van der Waals surface area contributed by atoms with Crippen molar-refractivity contribution in [2.75, 3.05) is 38.6 Å². The molecule has 33 heavy (non-hydrogen) atoms. The van der Waals surface area contributed by atoms with Crippen LogP contribution in [0.4, 0.5) is 0 Å². The molecule has 1 saturated heterocycles. The number of aryl methyl sites for hydroxylation is 1. The molecular weight excluding hydrogens is 487 g/mol. The number of esters is 1. The summed E-state index contributed by atoms with van der Waals surface area (Å²) < 4.78 is 10.8. The van der Waals surface area contributed by atoms with E-state index in [1.807, 2.05) is 12.1 Å². The smallest absolute Gasteiger partial charge is 0.341 e. The van der Waals surface area contributed by atoms with Gasteiger partial charge in [-0.25, -0.2) is 14.8 Å². The molecule has 2 heterocycles. The second-order valence-corrected chi connectivity index (χ2v) is 9.20. The highest BCUT2D eigenvalue weighted by atomic mass is 35.5. The van der Waals surface area contributed by atoms with Gasteiger partial charge in [0.2, 0.25) is 5.91 Å². The monoisotopic (exact) mass is 512 g/mol. The Balaban J connectivity index is 1.42. The normalized spacial score (nSPS) is 16.4. The quantitative estimate of drug-likeness (QED) is 0.310. The number of aromatic nitrogens is 2. The first-order valence-electron chi connectivity index (χ1n) is 10.5. The van der Waals surface area contributed by atoms with E-state index in [4.69, 9.17) is 32.7 Å². The van der Waals surface area contributed by atoms with Crippen molar-refractivity contribution in [3.8, 4) is 0 Å². The maximum atomic E-state index is 12.3. The molecule has 1 amide bonds. The number of hydrogen-bond donors (Lipinski definition) is 1. The summed E-state index contributed by atoms with van der Waals surface area (Å²) in [6.07, 6.45) is 1.33. The van der Waals surface area contributed by atoms with Crippen LogP contribution in [0, 0.1) is 6.92 Å². The number of halogens is 2. The topological polar surface area (TPSA) is 93.6 Å². The molecule has 0 spiro atoms. The summed E-state index contributed by atoms with van der Waals surface area (Å²) in [5, 5.41) is 4.41. The van der Waals surface area contributed by atoms with Crippen molar-refractivity contribution in [3.05, 3.63) is 51.3 Å². The van der Waals surface area contributed by atoms with Gasteiger partial charge >= 0.3 is 5.97 Å². The van der Waals surface area contributed by atoms with E-state index < -0.39 is 5.97 Å². The van der Waals surface area contributed by atoms with Gasteiger partial charge in [0.05, 0.1) is 46.4 Å². The molecule has 0 unspecified atom stereocenters. The molecule has 1 N–H and O–H groups in total. The first-order valence-corrected chi connectivity index (χ1v) is 12.3. The summed E-state index contributed by atoms with van der Waals surface area (Å²) in [5.41, 5.74) is 1.92. The van der Waals surface area contributed by atoms with Crippen molar-refractivity contribution in [1.29, 1.82) is 0 Å². The summed E-state index contributed by atoms with van der Waals surface area (Å²) in [5.74, 6) is -0.427. The van der Waals surface area contributed by atoms with Gasteiger partial charge in [-0.05, 0) is 31.5 Å². The van der Waals surface area contributed by atoms with E-state index in [0.717, 1.165) is 18.7 Å².